The number of amides is 1. The Morgan fingerprint density at radius 1 is 0.967 bits per heavy atom. The number of benzene rings is 3. The van der Waals surface area contributed by atoms with Gasteiger partial charge >= 0.3 is 0 Å². The molecule has 0 aromatic heterocycles. The van der Waals surface area contributed by atoms with E-state index in [0.717, 1.165) is 5.56 Å². The van der Waals surface area contributed by atoms with E-state index in [1.54, 1.807) is 42.5 Å². The maximum atomic E-state index is 12.8. The van der Waals surface area contributed by atoms with Crippen molar-refractivity contribution < 1.29 is 19.1 Å². The van der Waals surface area contributed by atoms with Gasteiger partial charge in [-0.15, -0.1) is 0 Å². The van der Waals surface area contributed by atoms with Crippen LogP contribution in [0.4, 0.5) is 0 Å². The number of hydrogen-bond donors (Lipinski definition) is 1. The number of halogens is 1. The molecule has 1 amide bonds. The molecular formula is C24H22ClNO4. The molecule has 0 unspecified atom stereocenters. The monoisotopic (exact) mass is 423 g/mol. The second-order valence-corrected chi connectivity index (χ2v) is 7.01. The van der Waals surface area contributed by atoms with Gasteiger partial charge in [0.25, 0.3) is 5.91 Å². The Bertz CT molecular complexity index is 1000. The molecule has 0 saturated carbocycles. The maximum Gasteiger partial charge on any atom is 0.257 e. The van der Waals surface area contributed by atoms with E-state index in [9.17, 15) is 9.59 Å². The second-order valence-electron chi connectivity index (χ2n) is 6.57. The molecule has 154 valence electrons. The normalized spacial score (nSPS) is 10.3. The molecule has 5 nitrogen and oxygen atoms in total. The number of carbonyl (C=O) groups excluding carboxylic acids is 2. The number of ether oxygens (including phenoxy) is 2. The molecule has 3 aromatic carbocycles. The molecule has 0 bridgehead atoms. The third-order valence-corrected chi connectivity index (χ3v) is 4.73. The van der Waals surface area contributed by atoms with Crippen molar-refractivity contribution in [3.05, 3.63) is 94.5 Å². The molecule has 0 saturated heterocycles. The Balaban J connectivity index is 1.61. The molecule has 30 heavy (non-hydrogen) atoms. The quantitative estimate of drug-likeness (QED) is 0.521. The fourth-order valence-corrected chi connectivity index (χ4v) is 3.00. The molecule has 0 radical (unpaired) electrons. The molecule has 0 aliphatic heterocycles. The largest absolute Gasteiger partial charge is 0.497 e. The summed E-state index contributed by atoms with van der Waals surface area (Å²) < 4.78 is 10.9. The lowest BCUT2D eigenvalue weighted by atomic mass is 10.0. The molecule has 0 heterocycles. The number of hydrogen-bond acceptors (Lipinski definition) is 4. The molecule has 0 spiro atoms. The first-order chi connectivity index (χ1) is 14.6. The van der Waals surface area contributed by atoms with E-state index in [1.807, 2.05) is 30.3 Å². The maximum absolute atomic E-state index is 12.8. The third-order valence-electron chi connectivity index (χ3n) is 4.48. The SMILES string of the molecule is COc1ccc(C(=O)c2ccccc2)c(OCC(=O)NCCc2ccc(Cl)cc2)c1. The Morgan fingerprint density at radius 3 is 2.40 bits per heavy atom. The summed E-state index contributed by atoms with van der Waals surface area (Å²) in [4.78, 5) is 25.0. The lowest BCUT2D eigenvalue weighted by Crippen LogP contribution is -2.30. The zero-order valence-corrected chi connectivity index (χ0v) is 17.3. The molecule has 3 aromatic rings. The molecule has 3 rings (SSSR count). The first-order valence-electron chi connectivity index (χ1n) is 9.48. The van der Waals surface area contributed by atoms with Crippen molar-refractivity contribution in [3.8, 4) is 11.5 Å². The van der Waals surface area contributed by atoms with Gasteiger partial charge in [-0.25, -0.2) is 0 Å². The zero-order valence-electron chi connectivity index (χ0n) is 16.6. The van der Waals surface area contributed by atoms with Crippen LogP contribution in [0, 0.1) is 0 Å². The summed E-state index contributed by atoms with van der Waals surface area (Å²) in [5, 5.41) is 3.49. The molecular weight excluding hydrogens is 402 g/mol. The first kappa shape index (κ1) is 21.4. The van der Waals surface area contributed by atoms with Crippen molar-refractivity contribution in [2.45, 2.75) is 6.42 Å². The summed E-state index contributed by atoms with van der Waals surface area (Å²) in [6, 6.07) is 21.3. The van der Waals surface area contributed by atoms with Crippen LogP contribution in [0.5, 0.6) is 11.5 Å². The van der Waals surface area contributed by atoms with Gasteiger partial charge in [0.05, 0.1) is 12.7 Å². The van der Waals surface area contributed by atoms with Crippen LogP contribution in [0.1, 0.15) is 21.5 Å². The van der Waals surface area contributed by atoms with Crippen LogP contribution in [0.2, 0.25) is 5.02 Å². The summed E-state index contributed by atoms with van der Waals surface area (Å²) in [7, 11) is 1.53. The standard InChI is InChI=1S/C24H22ClNO4/c1-29-20-11-12-21(24(28)18-5-3-2-4-6-18)22(15-20)30-16-23(27)26-14-13-17-7-9-19(25)10-8-17/h2-12,15H,13-14,16H2,1H3,(H,26,27). The highest BCUT2D eigenvalue weighted by atomic mass is 35.5. The van der Waals surface area contributed by atoms with Gasteiger partial charge in [-0.1, -0.05) is 54.1 Å². The predicted octanol–water partition coefficient (Wildman–Crippen LogP) is 4.32. The van der Waals surface area contributed by atoms with E-state index in [1.165, 1.54) is 7.11 Å². The van der Waals surface area contributed by atoms with Gasteiger partial charge in [0.15, 0.2) is 12.4 Å². The van der Waals surface area contributed by atoms with E-state index >= 15 is 0 Å². The van der Waals surface area contributed by atoms with Crippen LogP contribution in [0.25, 0.3) is 0 Å². The highest BCUT2D eigenvalue weighted by Gasteiger charge is 2.16. The Kier molecular flexibility index (Phi) is 7.46. The van der Waals surface area contributed by atoms with Gasteiger partial charge in [-0.05, 0) is 36.2 Å². The second kappa shape index (κ2) is 10.5. The lowest BCUT2D eigenvalue weighted by molar-refractivity contribution is -0.123. The number of nitrogens with one attached hydrogen (secondary N) is 1. The van der Waals surface area contributed by atoms with Crippen molar-refractivity contribution in [2.24, 2.45) is 0 Å². The highest BCUT2D eigenvalue weighted by Crippen LogP contribution is 2.27. The van der Waals surface area contributed by atoms with E-state index in [-0.39, 0.29) is 18.3 Å². The highest BCUT2D eigenvalue weighted by molar-refractivity contribution is 6.30. The summed E-state index contributed by atoms with van der Waals surface area (Å²) in [6.45, 7) is 0.264. The van der Waals surface area contributed by atoms with Crippen molar-refractivity contribution in [1.82, 2.24) is 5.32 Å². The topological polar surface area (TPSA) is 64.6 Å². The van der Waals surface area contributed by atoms with Crippen molar-refractivity contribution in [1.29, 1.82) is 0 Å². The van der Waals surface area contributed by atoms with Crippen LogP contribution in [-0.4, -0.2) is 32.0 Å². The fourth-order valence-electron chi connectivity index (χ4n) is 2.87. The van der Waals surface area contributed by atoms with E-state index < -0.39 is 0 Å². The summed E-state index contributed by atoms with van der Waals surface area (Å²) >= 11 is 5.87. The van der Waals surface area contributed by atoms with Crippen LogP contribution >= 0.6 is 11.6 Å². The van der Waals surface area contributed by atoms with E-state index in [2.05, 4.69) is 5.32 Å². The summed E-state index contributed by atoms with van der Waals surface area (Å²) in [5.74, 6) is 0.384. The van der Waals surface area contributed by atoms with Crippen LogP contribution < -0.4 is 14.8 Å². The average molecular weight is 424 g/mol. The van der Waals surface area contributed by atoms with Crippen LogP contribution in [0.15, 0.2) is 72.8 Å². The Hall–Kier alpha value is -3.31. The molecule has 0 aliphatic carbocycles. The smallest absolute Gasteiger partial charge is 0.257 e. The fraction of sp³-hybridized carbons (Fsp3) is 0.167. The van der Waals surface area contributed by atoms with Gasteiger partial charge in [0.2, 0.25) is 0 Å². The van der Waals surface area contributed by atoms with Gasteiger partial charge in [-0.2, -0.15) is 0 Å². The zero-order chi connectivity index (χ0) is 21.3. The van der Waals surface area contributed by atoms with Crippen molar-refractivity contribution in [2.75, 3.05) is 20.3 Å². The van der Waals surface area contributed by atoms with Gasteiger partial charge in [-0.3, -0.25) is 9.59 Å². The molecule has 0 atom stereocenters. The minimum Gasteiger partial charge on any atom is -0.497 e. The van der Waals surface area contributed by atoms with E-state index in [0.29, 0.717) is 40.6 Å². The summed E-state index contributed by atoms with van der Waals surface area (Å²) in [6.07, 6.45) is 0.680. The first-order valence-corrected chi connectivity index (χ1v) is 9.86. The number of carbonyl (C=O) groups is 2. The minimum atomic E-state index is -0.273. The van der Waals surface area contributed by atoms with Gasteiger partial charge in [0.1, 0.15) is 11.5 Å². The summed E-state index contributed by atoms with van der Waals surface area (Å²) in [5.41, 5.74) is 1.99. The Morgan fingerprint density at radius 2 is 1.70 bits per heavy atom. The predicted molar refractivity (Wildman–Crippen MR) is 117 cm³/mol. The lowest BCUT2D eigenvalue weighted by Gasteiger charge is -2.13. The van der Waals surface area contributed by atoms with Gasteiger partial charge < -0.3 is 14.8 Å². The molecule has 0 fully saturated rings. The van der Waals surface area contributed by atoms with Crippen LogP contribution in [-0.2, 0) is 11.2 Å². The number of ketones is 1. The molecule has 0 aliphatic rings. The van der Waals surface area contributed by atoms with E-state index in [4.69, 9.17) is 21.1 Å². The van der Waals surface area contributed by atoms with Gasteiger partial charge in [0, 0.05) is 23.2 Å². The number of rotatable bonds is 9. The third kappa shape index (κ3) is 5.84. The van der Waals surface area contributed by atoms with Crippen molar-refractivity contribution >= 4 is 23.3 Å². The molecule has 1 N–H and O–H groups in total. The average Bonchev–Trinajstić information content (AvgIpc) is 2.79. The minimum absolute atomic E-state index is 0.184. The van der Waals surface area contributed by atoms with Crippen LogP contribution in [0.3, 0.4) is 0 Å². The van der Waals surface area contributed by atoms with Crippen molar-refractivity contribution in [3.63, 3.8) is 0 Å². The Labute approximate surface area is 180 Å². The molecule has 6 heteroatoms. The number of methoxy groups -OCH3 is 1.